The highest BCUT2D eigenvalue weighted by atomic mass is 16.4. The van der Waals surface area contributed by atoms with Gasteiger partial charge >= 0.3 is 0 Å². The van der Waals surface area contributed by atoms with Gasteiger partial charge in [-0.15, -0.1) is 0 Å². The molecule has 2 rings (SSSR count). The zero-order chi connectivity index (χ0) is 15.4. The Morgan fingerprint density at radius 2 is 1.86 bits per heavy atom. The van der Waals surface area contributed by atoms with Crippen molar-refractivity contribution in [1.29, 1.82) is 0 Å². The van der Waals surface area contributed by atoms with Gasteiger partial charge in [-0.3, -0.25) is 20.4 Å². The summed E-state index contributed by atoms with van der Waals surface area (Å²) >= 11 is 0. The van der Waals surface area contributed by atoms with Gasteiger partial charge < -0.3 is 14.3 Å². The van der Waals surface area contributed by atoms with Crippen LogP contribution in [0.3, 0.4) is 0 Å². The molecule has 0 aromatic carbocycles. The molecule has 0 unspecified atom stereocenters. The van der Waals surface area contributed by atoms with Crippen molar-refractivity contribution in [3.8, 4) is 0 Å². The number of carbonyl (C=O) groups is 3. The van der Waals surface area contributed by atoms with E-state index >= 15 is 0 Å². The van der Waals surface area contributed by atoms with Crippen molar-refractivity contribution in [3.63, 3.8) is 0 Å². The van der Waals surface area contributed by atoms with Crippen molar-refractivity contribution in [2.24, 2.45) is 11.8 Å². The number of rotatable bonds is 3. The predicted molar refractivity (Wildman–Crippen MR) is 69.4 cm³/mol. The summed E-state index contributed by atoms with van der Waals surface area (Å²) in [5.41, 5.74) is 4.80. The number of carbonyl (C=O) groups excluding carboxylic acids is 3. The van der Waals surface area contributed by atoms with Gasteiger partial charge in [0.25, 0.3) is 5.91 Å². The molecule has 21 heavy (non-hydrogen) atoms. The zero-order valence-corrected chi connectivity index (χ0v) is 11.4. The maximum Gasteiger partial charge on any atom is 0.273 e. The minimum absolute atomic E-state index is 0.245. The molecule has 0 saturated carbocycles. The topological polar surface area (TPSA) is 111 Å². The largest absolute Gasteiger partial charge is 0.550 e. The number of aliphatic carboxylic acids is 1. The van der Waals surface area contributed by atoms with Crippen LogP contribution in [0.2, 0.25) is 0 Å². The maximum atomic E-state index is 12.0. The van der Waals surface area contributed by atoms with Crippen LogP contribution in [0.1, 0.15) is 29.0 Å². The van der Waals surface area contributed by atoms with Gasteiger partial charge in [0.1, 0.15) is 5.76 Å². The number of hydrogen-bond acceptors (Lipinski definition) is 5. The summed E-state index contributed by atoms with van der Waals surface area (Å²) in [6, 6.07) is 1.48. The van der Waals surface area contributed by atoms with Crippen LogP contribution in [-0.2, 0) is 9.59 Å². The zero-order valence-electron chi connectivity index (χ0n) is 11.4. The SMILES string of the molecule is Cc1occc1C(=O)NNC(=O)[C@H]1CC=CC[C@H]1C(=O)[O-]. The number of furan rings is 1. The highest BCUT2D eigenvalue weighted by molar-refractivity contribution is 5.96. The van der Waals surface area contributed by atoms with Gasteiger partial charge in [-0.2, -0.15) is 0 Å². The summed E-state index contributed by atoms with van der Waals surface area (Å²) in [5.74, 6) is -3.56. The maximum absolute atomic E-state index is 12.0. The van der Waals surface area contributed by atoms with E-state index in [2.05, 4.69) is 10.9 Å². The monoisotopic (exact) mass is 291 g/mol. The van der Waals surface area contributed by atoms with E-state index in [-0.39, 0.29) is 6.42 Å². The quantitative estimate of drug-likeness (QED) is 0.585. The van der Waals surface area contributed by atoms with Gasteiger partial charge in [-0.25, -0.2) is 0 Å². The normalized spacial score (nSPS) is 20.8. The van der Waals surface area contributed by atoms with E-state index in [4.69, 9.17) is 4.42 Å². The summed E-state index contributed by atoms with van der Waals surface area (Å²) < 4.78 is 4.99. The molecular weight excluding hydrogens is 276 g/mol. The smallest absolute Gasteiger partial charge is 0.273 e. The first kappa shape index (κ1) is 14.8. The molecule has 0 bridgehead atoms. The number of carboxylic acids is 1. The summed E-state index contributed by atoms with van der Waals surface area (Å²) in [4.78, 5) is 34.8. The van der Waals surface area contributed by atoms with E-state index in [1.165, 1.54) is 12.3 Å². The van der Waals surface area contributed by atoms with E-state index in [1.807, 2.05) is 0 Å². The van der Waals surface area contributed by atoms with Crippen LogP contribution in [0.4, 0.5) is 0 Å². The standard InChI is InChI=1S/C14H16N2O5/c1-8-9(6-7-21-8)12(17)15-16-13(18)10-4-2-3-5-11(10)14(19)20/h2-3,6-7,10-11H,4-5H2,1H3,(H,15,17)(H,16,18)(H,19,20)/p-1/t10-,11+/m0/s1. The molecule has 1 aliphatic rings. The molecule has 0 saturated heterocycles. The molecule has 1 aromatic rings. The van der Waals surface area contributed by atoms with Crippen LogP contribution in [0, 0.1) is 18.8 Å². The molecule has 2 amide bonds. The van der Waals surface area contributed by atoms with Crippen LogP contribution < -0.4 is 16.0 Å². The molecule has 0 aliphatic heterocycles. The molecule has 7 heteroatoms. The second-order valence-corrected chi connectivity index (χ2v) is 4.81. The molecule has 0 radical (unpaired) electrons. The van der Waals surface area contributed by atoms with E-state index < -0.39 is 29.6 Å². The lowest BCUT2D eigenvalue weighted by molar-refractivity contribution is -0.313. The summed E-state index contributed by atoms with van der Waals surface area (Å²) in [7, 11) is 0. The Morgan fingerprint density at radius 3 is 2.43 bits per heavy atom. The number of amides is 2. The number of hydrogen-bond donors (Lipinski definition) is 2. The third-order valence-corrected chi connectivity index (χ3v) is 3.47. The van der Waals surface area contributed by atoms with Crippen LogP contribution in [-0.4, -0.2) is 17.8 Å². The van der Waals surface area contributed by atoms with E-state index in [1.54, 1.807) is 19.1 Å². The molecule has 7 nitrogen and oxygen atoms in total. The average Bonchev–Trinajstić information content (AvgIpc) is 2.90. The second kappa shape index (κ2) is 6.25. The molecule has 112 valence electrons. The lowest BCUT2D eigenvalue weighted by Crippen LogP contribution is -2.49. The average molecular weight is 291 g/mol. The minimum Gasteiger partial charge on any atom is -0.550 e. The van der Waals surface area contributed by atoms with Crippen molar-refractivity contribution in [1.82, 2.24) is 10.9 Å². The van der Waals surface area contributed by atoms with E-state index in [9.17, 15) is 19.5 Å². The Hall–Kier alpha value is -2.57. The number of aryl methyl sites for hydroxylation is 1. The Balaban J connectivity index is 1.95. The first-order valence-corrected chi connectivity index (χ1v) is 6.51. The van der Waals surface area contributed by atoms with Gasteiger partial charge in [0.15, 0.2) is 0 Å². The van der Waals surface area contributed by atoms with Crippen molar-refractivity contribution >= 4 is 17.8 Å². The second-order valence-electron chi connectivity index (χ2n) is 4.81. The molecule has 2 N–H and O–H groups in total. The fraction of sp³-hybridized carbons (Fsp3) is 0.357. The summed E-state index contributed by atoms with van der Waals surface area (Å²) in [5, 5.41) is 11.0. The van der Waals surface area contributed by atoms with Crippen LogP contribution >= 0.6 is 0 Å². The van der Waals surface area contributed by atoms with Gasteiger partial charge in [-0.05, 0) is 25.8 Å². The third-order valence-electron chi connectivity index (χ3n) is 3.47. The molecule has 1 aliphatic carbocycles. The molecule has 1 aromatic heterocycles. The Bertz CT molecular complexity index is 590. The van der Waals surface area contributed by atoms with E-state index in [0.717, 1.165) is 0 Å². The van der Waals surface area contributed by atoms with Crippen LogP contribution in [0.15, 0.2) is 28.9 Å². The Labute approximate surface area is 121 Å². The predicted octanol–water partition coefficient (Wildman–Crippen LogP) is -0.319. The lowest BCUT2D eigenvalue weighted by atomic mass is 9.82. The summed E-state index contributed by atoms with van der Waals surface area (Å²) in [6.45, 7) is 1.62. The van der Waals surface area contributed by atoms with E-state index in [0.29, 0.717) is 17.7 Å². The number of nitrogens with one attached hydrogen (secondary N) is 2. The first-order valence-electron chi connectivity index (χ1n) is 6.51. The number of carboxylic acid groups (broad SMARTS) is 1. The molecule has 2 atom stereocenters. The van der Waals surface area contributed by atoms with Gasteiger partial charge in [0, 0.05) is 11.9 Å². The molecule has 0 fully saturated rings. The van der Waals surface area contributed by atoms with Gasteiger partial charge in [0.2, 0.25) is 5.91 Å². The van der Waals surface area contributed by atoms with Crippen LogP contribution in [0.25, 0.3) is 0 Å². The molecule has 0 spiro atoms. The Kier molecular flexibility index (Phi) is 4.42. The van der Waals surface area contributed by atoms with Crippen molar-refractivity contribution in [3.05, 3.63) is 35.8 Å². The minimum atomic E-state index is -1.27. The fourth-order valence-corrected chi connectivity index (χ4v) is 2.26. The lowest BCUT2D eigenvalue weighted by Gasteiger charge is -2.28. The highest BCUT2D eigenvalue weighted by Gasteiger charge is 2.30. The number of hydrazine groups is 1. The van der Waals surface area contributed by atoms with Crippen molar-refractivity contribution in [2.75, 3.05) is 0 Å². The summed E-state index contributed by atoms with van der Waals surface area (Å²) in [6.07, 6.45) is 5.35. The highest BCUT2D eigenvalue weighted by Crippen LogP contribution is 2.25. The van der Waals surface area contributed by atoms with Crippen molar-refractivity contribution in [2.45, 2.75) is 19.8 Å². The molecule has 1 heterocycles. The third kappa shape index (κ3) is 3.31. The fourth-order valence-electron chi connectivity index (χ4n) is 2.26. The first-order chi connectivity index (χ1) is 10.0. The Morgan fingerprint density at radius 1 is 1.19 bits per heavy atom. The molecular formula is C14H15N2O5-. The van der Waals surface area contributed by atoms with Gasteiger partial charge in [-0.1, -0.05) is 12.2 Å². The number of allylic oxidation sites excluding steroid dienone is 2. The van der Waals surface area contributed by atoms with Crippen molar-refractivity contribution < 1.29 is 23.9 Å². The van der Waals surface area contributed by atoms with Crippen LogP contribution in [0.5, 0.6) is 0 Å². The van der Waals surface area contributed by atoms with Gasteiger partial charge in [0.05, 0.1) is 17.7 Å².